The van der Waals surface area contributed by atoms with Crippen LogP contribution in [0.5, 0.6) is 0 Å². The number of fused-ring (bicyclic) bond motifs is 1. The molecule has 27 heavy (non-hydrogen) atoms. The van der Waals surface area contributed by atoms with Crippen molar-refractivity contribution in [3.05, 3.63) is 70.9 Å². The summed E-state index contributed by atoms with van der Waals surface area (Å²) in [7, 11) is 2.44. The fourth-order valence-corrected chi connectivity index (χ4v) is 4.66. The minimum Gasteiger partial charge on any atom is -0.350 e. The van der Waals surface area contributed by atoms with E-state index in [1.807, 2.05) is 38.2 Å². The second kappa shape index (κ2) is 8.02. The van der Waals surface area contributed by atoms with Gasteiger partial charge in [0.1, 0.15) is 0 Å². The maximum Gasteiger partial charge on any atom is 0.215 e. The van der Waals surface area contributed by atoms with Crippen molar-refractivity contribution in [1.82, 2.24) is 14.2 Å². The standard InChI is InChI=1S/C20H24ClN3O2S/c1-23(2)20(18-13-24(3)19-10-5-4-9-17(18)19)12-22-27(25,26)14-15-7-6-8-16(21)11-15/h4-11,13,20,22H,12,14H2,1-3H3. The van der Waals surface area contributed by atoms with Gasteiger partial charge in [0.05, 0.1) is 5.75 Å². The van der Waals surface area contributed by atoms with Gasteiger partial charge in [-0.15, -0.1) is 0 Å². The molecule has 0 aliphatic heterocycles. The predicted molar refractivity (Wildman–Crippen MR) is 111 cm³/mol. The zero-order valence-electron chi connectivity index (χ0n) is 15.7. The first-order valence-corrected chi connectivity index (χ1v) is 10.7. The van der Waals surface area contributed by atoms with Crippen LogP contribution in [0, 0.1) is 0 Å². The summed E-state index contributed by atoms with van der Waals surface area (Å²) in [5, 5.41) is 1.66. The van der Waals surface area contributed by atoms with E-state index in [9.17, 15) is 8.42 Å². The number of halogens is 1. The monoisotopic (exact) mass is 405 g/mol. The van der Waals surface area contributed by atoms with Gasteiger partial charge in [0, 0.05) is 41.8 Å². The van der Waals surface area contributed by atoms with Crippen molar-refractivity contribution in [3.8, 4) is 0 Å². The third-order valence-electron chi connectivity index (χ3n) is 4.65. The van der Waals surface area contributed by atoms with Crippen molar-refractivity contribution < 1.29 is 8.42 Å². The summed E-state index contributed by atoms with van der Waals surface area (Å²) in [5.74, 6) is -0.0940. The van der Waals surface area contributed by atoms with Gasteiger partial charge in [0.2, 0.25) is 10.0 Å². The van der Waals surface area contributed by atoms with E-state index in [1.165, 1.54) is 0 Å². The minimum atomic E-state index is -3.48. The largest absolute Gasteiger partial charge is 0.350 e. The highest BCUT2D eigenvalue weighted by Gasteiger charge is 2.22. The number of para-hydroxylation sites is 1. The molecular weight excluding hydrogens is 382 g/mol. The number of benzene rings is 2. The molecule has 0 fully saturated rings. The number of nitrogens with one attached hydrogen (secondary N) is 1. The molecule has 3 rings (SSSR count). The molecule has 1 heterocycles. The van der Waals surface area contributed by atoms with E-state index in [2.05, 4.69) is 27.6 Å². The van der Waals surface area contributed by atoms with Gasteiger partial charge in [0.25, 0.3) is 0 Å². The summed E-state index contributed by atoms with van der Waals surface area (Å²) in [6, 6.07) is 15.0. The molecule has 0 aliphatic carbocycles. The van der Waals surface area contributed by atoms with Crippen LogP contribution < -0.4 is 4.72 Å². The molecule has 144 valence electrons. The van der Waals surface area contributed by atoms with Crippen LogP contribution in [-0.4, -0.2) is 38.5 Å². The Hall–Kier alpha value is -1.86. The Bertz CT molecular complexity index is 1040. The minimum absolute atomic E-state index is 0.0785. The Labute approximate surface area is 165 Å². The van der Waals surface area contributed by atoms with Crippen LogP contribution in [0.2, 0.25) is 5.02 Å². The Balaban J connectivity index is 1.80. The maximum atomic E-state index is 12.6. The van der Waals surface area contributed by atoms with E-state index in [0.29, 0.717) is 17.1 Å². The highest BCUT2D eigenvalue weighted by molar-refractivity contribution is 7.88. The molecule has 7 heteroatoms. The smallest absolute Gasteiger partial charge is 0.215 e. The van der Waals surface area contributed by atoms with Crippen LogP contribution in [0.4, 0.5) is 0 Å². The fraction of sp³-hybridized carbons (Fsp3) is 0.300. The highest BCUT2D eigenvalue weighted by Crippen LogP contribution is 2.28. The molecule has 1 unspecified atom stereocenters. The molecule has 0 bridgehead atoms. The number of likely N-dealkylation sites (N-methyl/N-ethyl adjacent to an activating group) is 1. The SMILES string of the molecule is CN(C)C(CNS(=O)(=O)Cc1cccc(Cl)c1)c1cn(C)c2ccccc12. The molecule has 1 aromatic heterocycles. The van der Waals surface area contributed by atoms with Crippen molar-refractivity contribution in [3.63, 3.8) is 0 Å². The lowest BCUT2D eigenvalue weighted by molar-refractivity contribution is 0.301. The molecule has 1 atom stereocenters. The second-order valence-electron chi connectivity index (χ2n) is 6.93. The molecule has 0 radical (unpaired) electrons. The Morgan fingerprint density at radius 2 is 1.89 bits per heavy atom. The Morgan fingerprint density at radius 1 is 1.15 bits per heavy atom. The topological polar surface area (TPSA) is 54.3 Å². The van der Waals surface area contributed by atoms with Crippen LogP contribution in [0.15, 0.2) is 54.7 Å². The molecule has 2 aromatic carbocycles. The van der Waals surface area contributed by atoms with Crippen LogP contribution in [-0.2, 0) is 22.8 Å². The van der Waals surface area contributed by atoms with Crippen molar-refractivity contribution in [2.75, 3.05) is 20.6 Å². The lowest BCUT2D eigenvalue weighted by Crippen LogP contribution is -2.35. The van der Waals surface area contributed by atoms with Gasteiger partial charge in [-0.1, -0.05) is 41.9 Å². The number of hydrogen-bond donors (Lipinski definition) is 1. The van der Waals surface area contributed by atoms with E-state index >= 15 is 0 Å². The predicted octanol–water partition coefficient (Wildman–Crippen LogP) is 3.55. The first kappa shape index (κ1) is 19.9. The van der Waals surface area contributed by atoms with Gasteiger partial charge in [-0.25, -0.2) is 13.1 Å². The van der Waals surface area contributed by atoms with Gasteiger partial charge in [-0.05, 0) is 43.4 Å². The third-order valence-corrected chi connectivity index (χ3v) is 6.21. The van der Waals surface area contributed by atoms with Gasteiger partial charge in [-0.2, -0.15) is 0 Å². The summed E-state index contributed by atoms with van der Waals surface area (Å²) in [5.41, 5.74) is 2.89. The fourth-order valence-electron chi connectivity index (χ4n) is 3.31. The van der Waals surface area contributed by atoms with Crippen LogP contribution in [0.1, 0.15) is 17.2 Å². The molecule has 5 nitrogen and oxygen atoms in total. The number of aryl methyl sites for hydroxylation is 1. The maximum absolute atomic E-state index is 12.6. The lowest BCUT2D eigenvalue weighted by Gasteiger charge is -2.24. The van der Waals surface area contributed by atoms with Crippen molar-refractivity contribution >= 4 is 32.5 Å². The number of aromatic nitrogens is 1. The van der Waals surface area contributed by atoms with Gasteiger partial charge >= 0.3 is 0 Å². The number of hydrogen-bond acceptors (Lipinski definition) is 3. The Morgan fingerprint density at radius 3 is 2.59 bits per heavy atom. The molecule has 0 saturated carbocycles. The summed E-state index contributed by atoms with van der Waals surface area (Å²) in [4.78, 5) is 2.03. The Kier molecular flexibility index (Phi) is 5.91. The molecule has 3 aromatic rings. The van der Waals surface area contributed by atoms with E-state index in [1.54, 1.807) is 24.3 Å². The van der Waals surface area contributed by atoms with Crippen molar-refractivity contribution in [2.45, 2.75) is 11.8 Å². The third kappa shape index (κ3) is 4.71. The lowest BCUT2D eigenvalue weighted by atomic mass is 10.1. The number of sulfonamides is 1. The summed E-state index contributed by atoms with van der Waals surface area (Å²) in [6.07, 6.45) is 2.07. The average Bonchev–Trinajstić information content (AvgIpc) is 2.91. The van der Waals surface area contributed by atoms with Crippen LogP contribution in [0.3, 0.4) is 0 Å². The van der Waals surface area contributed by atoms with E-state index in [4.69, 9.17) is 11.6 Å². The van der Waals surface area contributed by atoms with Gasteiger partial charge in [-0.3, -0.25) is 0 Å². The molecule has 0 saturated heterocycles. The number of rotatable bonds is 7. The summed E-state index contributed by atoms with van der Waals surface area (Å²) >= 11 is 5.96. The van der Waals surface area contributed by atoms with E-state index in [0.717, 1.165) is 16.5 Å². The van der Waals surface area contributed by atoms with Crippen LogP contribution in [0.25, 0.3) is 10.9 Å². The van der Waals surface area contributed by atoms with Crippen molar-refractivity contribution in [1.29, 1.82) is 0 Å². The summed E-state index contributed by atoms with van der Waals surface area (Å²) < 4.78 is 30.0. The summed E-state index contributed by atoms with van der Waals surface area (Å²) in [6.45, 7) is 0.296. The first-order valence-electron chi connectivity index (χ1n) is 8.69. The zero-order valence-corrected chi connectivity index (χ0v) is 17.3. The quantitative estimate of drug-likeness (QED) is 0.654. The van der Waals surface area contributed by atoms with Gasteiger partial charge in [0.15, 0.2) is 0 Å². The molecule has 0 aliphatic rings. The molecular formula is C20H24ClN3O2S. The number of nitrogens with zero attached hydrogens (tertiary/aromatic N) is 2. The van der Waals surface area contributed by atoms with Crippen LogP contribution >= 0.6 is 11.6 Å². The highest BCUT2D eigenvalue weighted by atomic mass is 35.5. The molecule has 1 N–H and O–H groups in total. The average molecular weight is 406 g/mol. The van der Waals surface area contributed by atoms with Gasteiger partial charge < -0.3 is 9.47 Å². The zero-order chi connectivity index (χ0) is 19.6. The molecule has 0 amide bonds. The molecule has 0 spiro atoms. The van der Waals surface area contributed by atoms with Crippen molar-refractivity contribution in [2.24, 2.45) is 7.05 Å². The first-order chi connectivity index (χ1) is 12.8. The van der Waals surface area contributed by atoms with E-state index < -0.39 is 10.0 Å². The normalized spacial score (nSPS) is 13.4. The second-order valence-corrected chi connectivity index (χ2v) is 9.17. The van der Waals surface area contributed by atoms with E-state index in [-0.39, 0.29) is 11.8 Å².